The standard InChI is InChI=1S/C16H14N2O2/c1-10-5-6-14-11(7-10)8-15(20-14)16(19)18-13-4-2-3-12(17)9-13/h2-9H,17H2,1H3,(H,18,19). The molecular formula is C16H14N2O2. The van der Waals surface area contributed by atoms with Crippen LogP contribution in [-0.4, -0.2) is 5.91 Å². The highest BCUT2D eigenvalue weighted by Crippen LogP contribution is 2.21. The van der Waals surface area contributed by atoms with Crippen LogP contribution in [0, 0.1) is 6.92 Å². The second kappa shape index (κ2) is 4.74. The van der Waals surface area contributed by atoms with Gasteiger partial charge in [-0.3, -0.25) is 4.79 Å². The van der Waals surface area contributed by atoms with E-state index in [1.807, 2.05) is 25.1 Å². The van der Waals surface area contributed by atoms with E-state index >= 15 is 0 Å². The van der Waals surface area contributed by atoms with E-state index in [0.717, 1.165) is 10.9 Å². The van der Waals surface area contributed by atoms with Gasteiger partial charge in [0.25, 0.3) is 5.91 Å². The first kappa shape index (κ1) is 12.3. The van der Waals surface area contributed by atoms with Crippen LogP contribution in [0.3, 0.4) is 0 Å². The second-order valence-electron chi connectivity index (χ2n) is 4.73. The van der Waals surface area contributed by atoms with Gasteiger partial charge in [-0.2, -0.15) is 0 Å². The number of furan rings is 1. The van der Waals surface area contributed by atoms with Gasteiger partial charge in [0.2, 0.25) is 0 Å². The summed E-state index contributed by atoms with van der Waals surface area (Å²) in [4.78, 5) is 12.1. The van der Waals surface area contributed by atoms with E-state index in [2.05, 4.69) is 5.32 Å². The summed E-state index contributed by atoms with van der Waals surface area (Å²) in [5.74, 6) is -0.00234. The van der Waals surface area contributed by atoms with E-state index < -0.39 is 0 Å². The molecule has 0 saturated heterocycles. The maximum Gasteiger partial charge on any atom is 0.291 e. The van der Waals surface area contributed by atoms with Gasteiger partial charge < -0.3 is 15.5 Å². The van der Waals surface area contributed by atoms with Gasteiger partial charge in [-0.25, -0.2) is 0 Å². The average molecular weight is 266 g/mol. The van der Waals surface area contributed by atoms with Crippen molar-refractivity contribution in [3.63, 3.8) is 0 Å². The normalized spacial score (nSPS) is 10.7. The smallest absolute Gasteiger partial charge is 0.291 e. The lowest BCUT2D eigenvalue weighted by molar-refractivity contribution is 0.0998. The molecular weight excluding hydrogens is 252 g/mol. The summed E-state index contributed by atoms with van der Waals surface area (Å²) in [5, 5.41) is 3.68. The Bertz CT molecular complexity index is 790. The Morgan fingerprint density at radius 2 is 2.00 bits per heavy atom. The van der Waals surface area contributed by atoms with Crippen molar-refractivity contribution < 1.29 is 9.21 Å². The fourth-order valence-corrected chi connectivity index (χ4v) is 2.08. The first-order valence-corrected chi connectivity index (χ1v) is 6.29. The van der Waals surface area contributed by atoms with Gasteiger partial charge in [-0.05, 0) is 43.3 Å². The Balaban J connectivity index is 1.88. The van der Waals surface area contributed by atoms with Crippen LogP contribution in [0.2, 0.25) is 0 Å². The molecule has 2 aromatic carbocycles. The molecule has 0 radical (unpaired) electrons. The summed E-state index contributed by atoms with van der Waals surface area (Å²) in [7, 11) is 0. The number of nitrogens with two attached hydrogens (primary N) is 1. The Labute approximate surface area is 116 Å². The lowest BCUT2D eigenvalue weighted by Crippen LogP contribution is -2.10. The van der Waals surface area contributed by atoms with Crippen LogP contribution in [0.5, 0.6) is 0 Å². The molecule has 20 heavy (non-hydrogen) atoms. The zero-order chi connectivity index (χ0) is 14.1. The van der Waals surface area contributed by atoms with E-state index in [-0.39, 0.29) is 11.7 Å². The number of nitrogen functional groups attached to an aromatic ring is 1. The molecule has 0 aliphatic rings. The molecule has 0 aliphatic heterocycles. The van der Waals surface area contributed by atoms with Crippen LogP contribution in [0.25, 0.3) is 11.0 Å². The quantitative estimate of drug-likeness (QED) is 0.697. The first-order valence-electron chi connectivity index (χ1n) is 6.29. The topological polar surface area (TPSA) is 68.3 Å². The molecule has 0 fully saturated rings. The van der Waals surface area contributed by atoms with Crippen molar-refractivity contribution in [3.8, 4) is 0 Å². The minimum absolute atomic E-state index is 0.285. The summed E-state index contributed by atoms with van der Waals surface area (Å²) >= 11 is 0. The molecule has 1 amide bonds. The summed E-state index contributed by atoms with van der Waals surface area (Å²) in [6.45, 7) is 2.00. The molecule has 0 saturated carbocycles. The van der Waals surface area contributed by atoms with Gasteiger partial charge >= 0.3 is 0 Å². The van der Waals surface area contributed by atoms with Gasteiger partial charge in [0, 0.05) is 16.8 Å². The molecule has 0 unspecified atom stereocenters. The molecule has 3 rings (SSSR count). The fraction of sp³-hybridized carbons (Fsp3) is 0.0625. The third-order valence-corrected chi connectivity index (χ3v) is 3.04. The first-order chi connectivity index (χ1) is 9.61. The number of anilines is 2. The van der Waals surface area contributed by atoms with E-state index in [0.29, 0.717) is 17.0 Å². The summed E-state index contributed by atoms with van der Waals surface area (Å²) in [5.41, 5.74) is 8.75. The molecule has 4 nitrogen and oxygen atoms in total. The van der Waals surface area contributed by atoms with Crippen LogP contribution < -0.4 is 11.1 Å². The van der Waals surface area contributed by atoms with Crippen molar-refractivity contribution in [3.05, 3.63) is 59.9 Å². The number of amides is 1. The Morgan fingerprint density at radius 3 is 2.80 bits per heavy atom. The van der Waals surface area contributed by atoms with E-state index in [1.165, 1.54) is 0 Å². The molecule has 1 heterocycles. The molecule has 0 bridgehead atoms. The van der Waals surface area contributed by atoms with Crippen LogP contribution in [0.15, 0.2) is 52.9 Å². The zero-order valence-corrected chi connectivity index (χ0v) is 11.0. The lowest BCUT2D eigenvalue weighted by atomic mass is 10.2. The minimum atomic E-state index is -0.288. The maximum absolute atomic E-state index is 12.1. The molecule has 0 spiro atoms. The number of hydrogen-bond donors (Lipinski definition) is 2. The molecule has 0 aliphatic carbocycles. The number of hydrogen-bond acceptors (Lipinski definition) is 3. The molecule has 0 atom stereocenters. The third kappa shape index (κ3) is 2.36. The molecule has 3 aromatic rings. The number of fused-ring (bicyclic) bond motifs is 1. The Hall–Kier alpha value is -2.75. The SMILES string of the molecule is Cc1ccc2oc(C(=O)Nc3cccc(N)c3)cc2c1. The number of carbonyl (C=O) groups excluding carboxylic acids is 1. The number of rotatable bonds is 2. The van der Waals surface area contributed by atoms with E-state index in [9.17, 15) is 4.79 Å². The van der Waals surface area contributed by atoms with Crippen LogP contribution in [0.4, 0.5) is 11.4 Å². The van der Waals surface area contributed by atoms with E-state index in [1.54, 1.807) is 30.3 Å². The van der Waals surface area contributed by atoms with Crippen LogP contribution in [-0.2, 0) is 0 Å². The van der Waals surface area contributed by atoms with Crippen molar-refractivity contribution in [2.45, 2.75) is 6.92 Å². The van der Waals surface area contributed by atoms with Crippen LogP contribution >= 0.6 is 0 Å². The predicted molar refractivity (Wildman–Crippen MR) is 79.8 cm³/mol. The van der Waals surface area contributed by atoms with Gasteiger partial charge in [0.05, 0.1) is 0 Å². The van der Waals surface area contributed by atoms with Crippen molar-refractivity contribution in [1.82, 2.24) is 0 Å². The maximum atomic E-state index is 12.1. The largest absolute Gasteiger partial charge is 0.451 e. The fourth-order valence-electron chi connectivity index (χ4n) is 2.08. The zero-order valence-electron chi connectivity index (χ0n) is 11.0. The predicted octanol–water partition coefficient (Wildman–Crippen LogP) is 3.58. The van der Waals surface area contributed by atoms with E-state index in [4.69, 9.17) is 10.2 Å². The van der Waals surface area contributed by atoms with Gasteiger partial charge in [-0.15, -0.1) is 0 Å². The average Bonchev–Trinajstić information content (AvgIpc) is 2.81. The van der Waals surface area contributed by atoms with Crippen molar-refractivity contribution in [2.75, 3.05) is 11.1 Å². The monoisotopic (exact) mass is 266 g/mol. The summed E-state index contributed by atoms with van der Waals surface area (Å²) in [6, 6.07) is 14.6. The highest BCUT2D eigenvalue weighted by molar-refractivity contribution is 6.04. The molecule has 3 N–H and O–H groups in total. The Morgan fingerprint density at radius 1 is 1.15 bits per heavy atom. The van der Waals surface area contributed by atoms with Crippen LogP contribution in [0.1, 0.15) is 16.1 Å². The second-order valence-corrected chi connectivity index (χ2v) is 4.73. The Kier molecular flexibility index (Phi) is 2.91. The van der Waals surface area contributed by atoms with Gasteiger partial charge in [0.1, 0.15) is 5.58 Å². The summed E-state index contributed by atoms with van der Waals surface area (Å²) < 4.78 is 5.54. The molecule has 1 aromatic heterocycles. The molecule has 4 heteroatoms. The highest BCUT2D eigenvalue weighted by Gasteiger charge is 2.12. The number of aryl methyl sites for hydroxylation is 1. The third-order valence-electron chi connectivity index (χ3n) is 3.04. The molecule has 100 valence electrons. The minimum Gasteiger partial charge on any atom is -0.451 e. The van der Waals surface area contributed by atoms with Gasteiger partial charge in [0.15, 0.2) is 5.76 Å². The number of nitrogens with one attached hydrogen (secondary N) is 1. The van der Waals surface area contributed by atoms with Crippen molar-refractivity contribution in [2.24, 2.45) is 0 Å². The number of benzene rings is 2. The van der Waals surface area contributed by atoms with Crippen molar-refractivity contribution >= 4 is 28.3 Å². The number of carbonyl (C=O) groups is 1. The summed E-state index contributed by atoms with van der Waals surface area (Å²) in [6.07, 6.45) is 0. The lowest BCUT2D eigenvalue weighted by Gasteiger charge is -2.03. The van der Waals surface area contributed by atoms with Gasteiger partial charge in [-0.1, -0.05) is 17.7 Å². The highest BCUT2D eigenvalue weighted by atomic mass is 16.3. The van der Waals surface area contributed by atoms with Crippen molar-refractivity contribution in [1.29, 1.82) is 0 Å².